The van der Waals surface area contributed by atoms with Crippen LogP contribution in [0.4, 0.5) is 0 Å². The molecule has 1 rings (SSSR count). The standard InChI is InChI=1S/C7H14O2/c1-6(2,8-4)7(3)5-9-7/h5H2,1-4H3. The molecule has 0 saturated carbocycles. The molecule has 0 amide bonds. The molecule has 0 N–H and O–H groups in total. The maximum Gasteiger partial charge on any atom is 0.117 e. The summed E-state index contributed by atoms with van der Waals surface area (Å²) in [5.41, 5.74) is -0.158. The Morgan fingerprint density at radius 3 is 2.11 bits per heavy atom. The summed E-state index contributed by atoms with van der Waals surface area (Å²) in [6.45, 7) is 6.98. The summed E-state index contributed by atoms with van der Waals surface area (Å²) in [5, 5.41) is 0. The average Bonchev–Trinajstić information content (AvgIpc) is 2.49. The number of epoxide rings is 1. The zero-order valence-corrected chi connectivity index (χ0v) is 6.52. The lowest BCUT2D eigenvalue weighted by molar-refractivity contribution is -0.0375. The van der Waals surface area contributed by atoms with Crippen LogP contribution in [0, 0.1) is 0 Å². The molecular formula is C7H14O2. The maximum absolute atomic E-state index is 5.24. The summed E-state index contributed by atoms with van der Waals surface area (Å²) in [5.74, 6) is 0. The Morgan fingerprint density at radius 2 is 2.00 bits per heavy atom. The van der Waals surface area contributed by atoms with E-state index in [0.717, 1.165) is 6.61 Å². The fraction of sp³-hybridized carbons (Fsp3) is 1.00. The van der Waals surface area contributed by atoms with E-state index in [4.69, 9.17) is 9.47 Å². The van der Waals surface area contributed by atoms with Crippen LogP contribution in [-0.4, -0.2) is 24.9 Å². The molecule has 0 aromatic heterocycles. The average molecular weight is 130 g/mol. The topological polar surface area (TPSA) is 21.8 Å². The van der Waals surface area contributed by atoms with Gasteiger partial charge in [-0.15, -0.1) is 0 Å². The summed E-state index contributed by atoms with van der Waals surface area (Å²) < 4.78 is 10.5. The van der Waals surface area contributed by atoms with Crippen LogP contribution < -0.4 is 0 Å². The van der Waals surface area contributed by atoms with Crippen LogP contribution in [-0.2, 0) is 9.47 Å². The molecule has 9 heavy (non-hydrogen) atoms. The van der Waals surface area contributed by atoms with E-state index in [1.807, 2.05) is 13.8 Å². The smallest absolute Gasteiger partial charge is 0.117 e. The minimum atomic E-state index is -0.132. The zero-order chi connectivity index (χ0) is 7.12. The first-order valence-electron chi connectivity index (χ1n) is 3.21. The summed E-state index contributed by atoms with van der Waals surface area (Å²) in [6.07, 6.45) is 0. The molecule has 0 spiro atoms. The Morgan fingerprint density at radius 1 is 1.56 bits per heavy atom. The van der Waals surface area contributed by atoms with E-state index in [1.165, 1.54) is 0 Å². The van der Waals surface area contributed by atoms with E-state index >= 15 is 0 Å². The molecule has 1 atom stereocenters. The Kier molecular flexibility index (Phi) is 1.33. The Balaban J connectivity index is 2.58. The highest BCUT2D eigenvalue weighted by atomic mass is 16.6. The van der Waals surface area contributed by atoms with Crippen molar-refractivity contribution in [1.29, 1.82) is 0 Å². The van der Waals surface area contributed by atoms with Crippen molar-refractivity contribution in [3.63, 3.8) is 0 Å². The second-order valence-electron chi connectivity index (χ2n) is 3.23. The van der Waals surface area contributed by atoms with Crippen molar-refractivity contribution < 1.29 is 9.47 Å². The molecule has 1 saturated heterocycles. The van der Waals surface area contributed by atoms with Crippen molar-refractivity contribution in [3.8, 4) is 0 Å². The lowest BCUT2D eigenvalue weighted by Crippen LogP contribution is -2.39. The van der Waals surface area contributed by atoms with Crippen molar-refractivity contribution in [2.45, 2.75) is 32.0 Å². The molecule has 0 aromatic rings. The number of rotatable bonds is 2. The third-order valence-corrected chi connectivity index (χ3v) is 2.36. The van der Waals surface area contributed by atoms with E-state index < -0.39 is 0 Å². The van der Waals surface area contributed by atoms with E-state index in [9.17, 15) is 0 Å². The van der Waals surface area contributed by atoms with Crippen LogP contribution in [0.1, 0.15) is 20.8 Å². The van der Waals surface area contributed by atoms with Crippen LogP contribution in [0.3, 0.4) is 0 Å². The molecule has 0 radical (unpaired) electrons. The molecular weight excluding hydrogens is 116 g/mol. The number of hydrogen-bond donors (Lipinski definition) is 0. The van der Waals surface area contributed by atoms with Crippen molar-refractivity contribution >= 4 is 0 Å². The van der Waals surface area contributed by atoms with Gasteiger partial charge in [0, 0.05) is 7.11 Å². The Bertz CT molecular complexity index is 114. The molecule has 1 aliphatic rings. The largest absolute Gasteiger partial charge is 0.376 e. The Hall–Kier alpha value is -0.0800. The molecule has 1 fully saturated rings. The van der Waals surface area contributed by atoms with E-state index in [1.54, 1.807) is 7.11 Å². The minimum Gasteiger partial charge on any atom is -0.376 e. The first-order chi connectivity index (χ1) is 4.02. The highest BCUT2D eigenvalue weighted by Crippen LogP contribution is 2.39. The first kappa shape index (κ1) is 7.03. The van der Waals surface area contributed by atoms with Crippen LogP contribution in [0.2, 0.25) is 0 Å². The van der Waals surface area contributed by atoms with Crippen molar-refractivity contribution in [3.05, 3.63) is 0 Å². The van der Waals surface area contributed by atoms with Crippen molar-refractivity contribution in [1.82, 2.24) is 0 Å². The van der Waals surface area contributed by atoms with Crippen LogP contribution in [0.25, 0.3) is 0 Å². The molecule has 2 heteroatoms. The van der Waals surface area contributed by atoms with Gasteiger partial charge in [-0.1, -0.05) is 0 Å². The molecule has 1 aliphatic heterocycles. The Labute approximate surface area is 56.2 Å². The van der Waals surface area contributed by atoms with Gasteiger partial charge in [0.15, 0.2) is 0 Å². The highest BCUT2D eigenvalue weighted by molar-refractivity contribution is 5.01. The number of methoxy groups -OCH3 is 1. The predicted molar refractivity (Wildman–Crippen MR) is 35.4 cm³/mol. The fourth-order valence-electron chi connectivity index (χ4n) is 0.672. The molecule has 54 valence electrons. The summed E-state index contributed by atoms with van der Waals surface area (Å²) in [6, 6.07) is 0. The van der Waals surface area contributed by atoms with Crippen LogP contribution in [0.15, 0.2) is 0 Å². The fourth-order valence-corrected chi connectivity index (χ4v) is 0.672. The lowest BCUT2D eigenvalue weighted by atomic mass is 9.93. The van der Waals surface area contributed by atoms with Gasteiger partial charge in [-0.05, 0) is 20.8 Å². The molecule has 1 heterocycles. The third-order valence-electron chi connectivity index (χ3n) is 2.36. The monoisotopic (exact) mass is 130 g/mol. The zero-order valence-electron chi connectivity index (χ0n) is 6.52. The second-order valence-corrected chi connectivity index (χ2v) is 3.23. The van der Waals surface area contributed by atoms with Gasteiger partial charge in [-0.3, -0.25) is 0 Å². The van der Waals surface area contributed by atoms with Gasteiger partial charge < -0.3 is 9.47 Å². The number of hydrogen-bond acceptors (Lipinski definition) is 2. The van der Waals surface area contributed by atoms with Crippen LogP contribution >= 0.6 is 0 Å². The van der Waals surface area contributed by atoms with Gasteiger partial charge >= 0.3 is 0 Å². The first-order valence-corrected chi connectivity index (χ1v) is 3.21. The van der Waals surface area contributed by atoms with E-state index in [0.29, 0.717) is 0 Å². The molecule has 0 bridgehead atoms. The molecule has 0 aliphatic carbocycles. The summed E-state index contributed by atoms with van der Waals surface area (Å²) in [7, 11) is 1.72. The van der Waals surface area contributed by atoms with Crippen molar-refractivity contribution in [2.24, 2.45) is 0 Å². The van der Waals surface area contributed by atoms with E-state index in [2.05, 4.69) is 6.92 Å². The van der Waals surface area contributed by atoms with Gasteiger partial charge in [0.05, 0.1) is 12.2 Å². The SMILES string of the molecule is COC(C)(C)C1(C)CO1. The molecule has 1 unspecified atom stereocenters. The van der Waals surface area contributed by atoms with Gasteiger partial charge in [0.2, 0.25) is 0 Å². The molecule has 2 nitrogen and oxygen atoms in total. The van der Waals surface area contributed by atoms with Crippen molar-refractivity contribution in [2.75, 3.05) is 13.7 Å². The third kappa shape index (κ3) is 0.970. The molecule has 0 aromatic carbocycles. The van der Waals surface area contributed by atoms with Crippen LogP contribution in [0.5, 0.6) is 0 Å². The van der Waals surface area contributed by atoms with Gasteiger partial charge in [-0.2, -0.15) is 0 Å². The maximum atomic E-state index is 5.24. The van der Waals surface area contributed by atoms with Gasteiger partial charge in [-0.25, -0.2) is 0 Å². The summed E-state index contributed by atoms with van der Waals surface area (Å²) in [4.78, 5) is 0. The minimum absolute atomic E-state index is 0.0260. The van der Waals surface area contributed by atoms with Gasteiger partial charge in [0.25, 0.3) is 0 Å². The number of ether oxygens (including phenoxy) is 2. The second kappa shape index (κ2) is 1.70. The lowest BCUT2D eigenvalue weighted by Gasteiger charge is -2.27. The normalized spacial score (nSPS) is 34.7. The summed E-state index contributed by atoms with van der Waals surface area (Å²) >= 11 is 0. The highest BCUT2D eigenvalue weighted by Gasteiger charge is 2.53. The van der Waals surface area contributed by atoms with Gasteiger partial charge in [0.1, 0.15) is 5.60 Å². The predicted octanol–water partition coefficient (Wildman–Crippen LogP) is 1.20. The quantitative estimate of drug-likeness (QED) is 0.524. The van der Waals surface area contributed by atoms with E-state index in [-0.39, 0.29) is 11.2 Å².